The number of hydrogen-bond acceptors (Lipinski definition) is 6. The Hall–Kier alpha value is -4.07. The Labute approximate surface area is 219 Å². The first-order chi connectivity index (χ1) is 18.2. The van der Waals surface area contributed by atoms with Gasteiger partial charge in [-0.15, -0.1) is 0 Å². The number of hydrogen-bond donors (Lipinski definition) is 2. The van der Waals surface area contributed by atoms with Crippen LogP contribution in [0.4, 0.5) is 26.3 Å². The summed E-state index contributed by atoms with van der Waals surface area (Å²) in [6.07, 6.45) is -2.86. The van der Waals surface area contributed by atoms with E-state index in [0.29, 0.717) is 0 Å². The Bertz CT molecular complexity index is 1210. The van der Waals surface area contributed by atoms with E-state index in [1.54, 1.807) is 6.33 Å². The molecule has 3 aromatic rings. The van der Waals surface area contributed by atoms with Crippen LogP contribution < -0.4 is 0 Å². The van der Waals surface area contributed by atoms with Gasteiger partial charge in [0.15, 0.2) is 0 Å². The molecule has 0 atom stereocenters. The smallest absolute Gasteiger partial charge is 0.475 e. The maximum Gasteiger partial charge on any atom is 0.490 e. The highest BCUT2D eigenvalue weighted by Crippen LogP contribution is 2.25. The summed E-state index contributed by atoms with van der Waals surface area (Å²) in [4.78, 5) is 33.6. The second-order valence-corrected chi connectivity index (χ2v) is 8.25. The average Bonchev–Trinajstić information content (AvgIpc) is 3.08. The Morgan fingerprint density at radius 1 is 0.846 bits per heavy atom. The fourth-order valence-corrected chi connectivity index (χ4v) is 3.44. The molecule has 0 unspecified atom stereocenters. The summed E-state index contributed by atoms with van der Waals surface area (Å²) in [5.41, 5.74) is 7.35. The number of benzene rings is 1. The van der Waals surface area contributed by atoms with Gasteiger partial charge < -0.3 is 10.2 Å². The van der Waals surface area contributed by atoms with Gasteiger partial charge in [0.1, 0.15) is 6.33 Å². The third-order valence-corrected chi connectivity index (χ3v) is 5.34. The lowest BCUT2D eigenvalue weighted by Crippen LogP contribution is -2.25. The standard InChI is InChI=1S/C21H22N4.2C2HF3O2/c1-16-2-4-17(5-3-16)14-25-12-8-19-20(9-13-25)23-15-24-21(19)18-6-10-22-11-7-18;2*3-2(4,5)1(6)7/h2-7,10-11,15H,8-9,12-14H2,1H3;2*(H,6,7). The predicted octanol–water partition coefficient (Wildman–Crippen LogP) is 4.71. The van der Waals surface area contributed by atoms with E-state index in [2.05, 4.69) is 51.0 Å². The van der Waals surface area contributed by atoms with Crippen LogP contribution in [0.25, 0.3) is 11.3 Å². The maximum absolute atomic E-state index is 10.6. The minimum Gasteiger partial charge on any atom is -0.475 e. The molecule has 0 radical (unpaired) electrons. The minimum atomic E-state index is -5.08. The van der Waals surface area contributed by atoms with Crippen molar-refractivity contribution in [3.05, 3.63) is 77.5 Å². The number of pyridine rings is 1. The molecule has 2 N–H and O–H groups in total. The van der Waals surface area contributed by atoms with Crippen molar-refractivity contribution in [3.8, 4) is 11.3 Å². The SMILES string of the molecule is Cc1ccc(CN2CCc3ncnc(-c4ccncc4)c3CC2)cc1.O=C(O)C(F)(F)F.O=C(O)C(F)(F)F. The summed E-state index contributed by atoms with van der Waals surface area (Å²) in [5, 5.41) is 14.2. The van der Waals surface area contributed by atoms with Crippen molar-refractivity contribution >= 4 is 11.9 Å². The van der Waals surface area contributed by atoms with Crippen LogP contribution in [0.1, 0.15) is 22.4 Å². The Morgan fingerprint density at radius 2 is 1.36 bits per heavy atom. The largest absolute Gasteiger partial charge is 0.490 e. The molecule has 0 saturated carbocycles. The predicted molar refractivity (Wildman–Crippen MR) is 127 cm³/mol. The van der Waals surface area contributed by atoms with Crippen LogP contribution in [0.5, 0.6) is 0 Å². The van der Waals surface area contributed by atoms with Crippen molar-refractivity contribution in [1.82, 2.24) is 19.9 Å². The zero-order valence-electron chi connectivity index (χ0n) is 20.5. The van der Waals surface area contributed by atoms with Gasteiger partial charge in [0.05, 0.1) is 5.69 Å². The lowest BCUT2D eigenvalue weighted by Gasteiger charge is -2.19. The molecule has 0 saturated heterocycles. The molecule has 0 fully saturated rings. The number of fused-ring (bicyclic) bond motifs is 1. The van der Waals surface area contributed by atoms with Gasteiger partial charge >= 0.3 is 24.3 Å². The van der Waals surface area contributed by atoms with Gasteiger partial charge in [0, 0.05) is 55.3 Å². The minimum absolute atomic E-state index is 0.974. The van der Waals surface area contributed by atoms with Crippen molar-refractivity contribution in [2.45, 2.75) is 38.7 Å². The number of carbonyl (C=O) groups is 2. The van der Waals surface area contributed by atoms with Crippen molar-refractivity contribution in [2.75, 3.05) is 13.1 Å². The van der Waals surface area contributed by atoms with E-state index in [-0.39, 0.29) is 0 Å². The normalized spacial score (nSPS) is 13.5. The fraction of sp³-hybridized carbons (Fsp3) is 0.320. The van der Waals surface area contributed by atoms with Gasteiger partial charge in [0.2, 0.25) is 0 Å². The average molecular weight is 558 g/mol. The summed E-state index contributed by atoms with van der Waals surface area (Å²) in [6, 6.07) is 12.9. The number of nitrogens with zero attached hydrogens (tertiary/aromatic N) is 4. The summed E-state index contributed by atoms with van der Waals surface area (Å²) >= 11 is 0. The van der Waals surface area contributed by atoms with Crippen LogP contribution in [-0.4, -0.2) is 67.4 Å². The summed E-state index contributed by atoms with van der Waals surface area (Å²) < 4.78 is 63.5. The molecule has 39 heavy (non-hydrogen) atoms. The number of aryl methyl sites for hydroxylation is 1. The van der Waals surface area contributed by atoms with E-state index >= 15 is 0 Å². The zero-order chi connectivity index (χ0) is 29.2. The molecular weight excluding hydrogens is 534 g/mol. The van der Waals surface area contributed by atoms with Crippen LogP contribution in [0.15, 0.2) is 55.1 Å². The molecule has 1 aromatic carbocycles. The number of rotatable bonds is 3. The van der Waals surface area contributed by atoms with Gasteiger partial charge in [-0.3, -0.25) is 9.88 Å². The van der Waals surface area contributed by atoms with E-state index in [1.165, 1.54) is 22.4 Å². The molecule has 8 nitrogen and oxygen atoms in total. The number of carboxylic acid groups (broad SMARTS) is 2. The molecule has 2 aromatic heterocycles. The van der Waals surface area contributed by atoms with E-state index in [1.807, 2.05) is 24.5 Å². The van der Waals surface area contributed by atoms with E-state index < -0.39 is 24.3 Å². The van der Waals surface area contributed by atoms with Crippen molar-refractivity contribution in [3.63, 3.8) is 0 Å². The van der Waals surface area contributed by atoms with E-state index in [9.17, 15) is 26.3 Å². The molecule has 0 bridgehead atoms. The van der Waals surface area contributed by atoms with Gasteiger partial charge in [0.25, 0.3) is 0 Å². The number of carboxylic acids is 2. The van der Waals surface area contributed by atoms with Crippen LogP contribution in [0.3, 0.4) is 0 Å². The van der Waals surface area contributed by atoms with Gasteiger partial charge in [-0.2, -0.15) is 26.3 Å². The Kier molecular flexibility index (Phi) is 10.9. The second-order valence-electron chi connectivity index (χ2n) is 8.25. The highest BCUT2D eigenvalue weighted by Gasteiger charge is 2.38. The monoisotopic (exact) mass is 558 g/mol. The maximum atomic E-state index is 10.6. The highest BCUT2D eigenvalue weighted by molar-refractivity contribution is 5.73. The van der Waals surface area contributed by atoms with Crippen LogP contribution in [0.2, 0.25) is 0 Å². The molecule has 0 aliphatic carbocycles. The molecule has 14 heteroatoms. The van der Waals surface area contributed by atoms with Gasteiger partial charge in [-0.25, -0.2) is 19.6 Å². The number of alkyl halides is 6. The number of aliphatic carboxylic acids is 2. The zero-order valence-corrected chi connectivity index (χ0v) is 20.5. The Balaban J connectivity index is 0.000000317. The quantitative estimate of drug-likeness (QED) is 0.444. The topological polar surface area (TPSA) is 117 Å². The van der Waals surface area contributed by atoms with Gasteiger partial charge in [-0.05, 0) is 31.0 Å². The first-order valence-corrected chi connectivity index (χ1v) is 11.3. The second kappa shape index (κ2) is 13.6. The van der Waals surface area contributed by atoms with Crippen molar-refractivity contribution in [2.24, 2.45) is 0 Å². The number of halogens is 6. The fourth-order valence-electron chi connectivity index (χ4n) is 3.44. The molecule has 0 amide bonds. The van der Waals surface area contributed by atoms with Crippen molar-refractivity contribution < 1.29 is 46.1 Å². The number of aromatic nitrogens is 3. The van der Waals surface area contributed by atoms with E-state index in [0.717, 1.165) is 43.7 Å². The first kappa shape index (κ1) is 31.1. The Morgan fingerprint density at radius 3 is 1.87 bits per heavy atom. The molecule has 0 spiro atoms. The summed E-state index contributed by atoms with van der Waals surface area (Å²) in [6.45, 7) is 5.19. The van der Waals surface area contributed by atoms with E-state index in [4.69, 9.17) is 19.8 Å². The highest BCUT2D eigenvalue weighted by atomic mass is 19.4. The van der Waals surface area contributed by atoms with Crippen LogP contribution in [-0.2, 0) is 29.0 Å². The summed E-state index contributed by atoms with van der Waals surface area (Å²) in [7, 11) is 0. The lowest BCUT2D eigenvalue weighted by molar-refractivity contribution is -0.193. The summed E-state index contributed by atoms with van der Waals surface area (Å²) in [5.74, 6) is -5.51. The molecule has 1 aliphatic heterocycles. The lowest BCUT2D eigenvalue weighted by atomic mass is 10.0. The molecule has 3 heterocycles. The molecule has 1 aliphatic rings. The van der Waals surface area contributed by atoms with Crippen LogP contribution >= 0.6 is 0 Å². The van der Waals surface area contributed by atoms with Gasteiger partial charge in [-0.1, -0.05) is 29.8 Å². The van der Waals surface area contributed by atoms with Crippen molar-refractivity contribution in [1.29, 1.82) is 0 Å². The molecule has 210 valence electrons. The molecule has 4 rings (SSSR count). The third kappa shape index (κ3) is 10.3. The third-order valence-electron chi connectivity index (χ3n) is 5.34. The molecular formula is C25H24F6N4O4. The first-order valence-electron chi connectivity index (χ1n) is 11.3. The van der Waals surface area contributed by atoms with Crippen LogP contribution in [0, 0.1) is 6.92 Å².